The van der Waals surface area contributed by atoms with Crippen LogP contribution in [-0.4, -0.2) is 12.4 Å². The summed E-state index contributed by atoms with van der Waals surface area (Å²) in [6.45, 7) is 1.93. The first kappa shape index (κ1) is 17.3. The summed E-state index contributed by atoms with van der Waals surface area (Å²) in [5.74, 6) is 0.794. The first-order chi connectivity index (χ1) is 11.4. The maximum Gasteiger partial charge on any atom is 0.267 e. The molecular weight excluding hydrogens is 406 g/mol. The molecule has 0 unspecified atom stereocenters. The van der Waals surface area contributed by atoms with Crippen LogP contribution in [0.15, 0.2) is 81.3 Å². The van der Waals surface area contributed by atoms with Gasteiger partial charge in [0.1, 0.15) is 0 Å². The Labute approximate surface area is 154 Å². The highest BCUT2D eigenvalue weighted by Crippen LogP contribution is 2.25. The van der Waals surface area contributed by atoms with Crippen molar-refractivity contribution >= 4 is 37.7 Å². The summed E-state index contributed by atoms with van der Waals surface area (Å²) in [5.41, 5.74) is 2.23. The number of aromatic nitrogens is 1. The molecule has 0 fully saturated rings. The molecule has 0 spiro atoms. The number of aryl methyl sites for hydroxylation is 1. The Morgan fingerprint density at radius 3 is 2.33 bits per heavy atom. The Kier molecular flexibility index (Phi) is 5.18. The quantitative estimate of drug-likeness (QED) is 0.538. The van der Waals surface area contributed by atoms with Gasteiger partial charge in [0.25, 0.3) is 10.0 Å². The highest BCUT2D eigenvalue weighted by molar-refractivity contribution is 9.10. The fourth-order valence-electron chi connectivity index (χ4n) is 2.17. The van der Waals surface area contributed by atoms with Crippen LogP contribution in [0.5, 0.6) is 0 Å². The van der Waals surface area contributed by atoms with E-state index in [1.165, 1.54) is 9.54 Å². The van der Waals surface area contributed by atoms with E-state index in [4.69, 9.17) is 0 Å². The number of rotatable bonds is 5. The largest absolute Gasteiger partial charge is 0.267 e. The Morgan fingerprint density at radius 2 is 1.67 bits per heavy atom. The van der Waals surface area contributed by atoms with Gasteiger partial charge in [-0.1, -0.05) is 45.8 Å². The minimum absolute atomic E-state index is 0.299. The topological polar surface area (TPSA) is 39.1 Å². The molecule has 0 aliphatic rings. The first-order valence-electron chi connectivity index (χ1n) is 7.33. The molecule has 124 valence electrons. The number of hydrogen-bond acceptors (Lipinski definition) is 3. The SMILES string of the molecule is Cc1ccc(S(=O)(=O)n2ccc(SCc3ccc(Br)cc3)c2)cc1. The van der Waals surface area contributed by atoms with Gasteiger partial charge in [-0.3, -0.25) is 0 Å². The number of halogens is 1. The van der Waals surface area contributed by atoms with E-state index in [9.17, 15) is 8.42 Å². The van der Waals surface area contributed by atoms with Gasteiger partial charge in [0.05, 0.1) is 4.90 Å². The third-order valence-corrected chi connectivity index (χ3v) is 6.79. The normalized spacial score (nSPS) is 11.6. The van der Waals surface area contributed by atoms with Crippen molar-refractivity contribution in [1.82, 2.24) is 3.97 Å². The molecular formula is C18H16BrNO2S2. The average Bonchev–Trinajstić information content (AvgIpc) is 3.04. The fraction of sp³-hybridized carbons (Fsp3) is 0.111. The molecule has 2 aromatic carbocycles. The summed E-state index contributed by atoms with van der Waals surface area (Å²) < 4.78 is 27.6. The van der Waals surface area contributed by atoms with Crippen molar-refractivity contribution in [3.05, 3.63) is 82.6 Å². The third-order valence-electron chi connectivity index (χ3n) is 3.56. The number of thioether (sulfide) groups is 1. The van der Waals surface area contributed by atoms with E-state index in [-0.39, 0.29) is 0 Å². The van der Waals surface area contributed by atoms with Crippen molar-refractivity contribution in [2.45, 2.75) is 22.5 Å². The summed E-state index contributed by atoms with van der Waals surface area (Å²) in [6, 6.07) is 16.8. The van der Waals surface area contributed by atoms with Crippen molar-refractivity contribution in [1.29, 1.82) is 0 Å². The van der Waals surface area contributed by atoms with Crippen LogP contribution < -0.4 is 0 Å². The van der Waals surface area contributed by atoms with Crippen LogP contribution in [-0.2, 0) is 15.8 Å². The van der Waals surface area contributed by atoms with Crippen LogP contribution in [0, 0.1) is 6.92 Å². The molecule has 3 aromatic rings. The summed E-state index contributed by atoms with van der Waals surface area (Å²) in [4.78, 5) is 1.22. The molecule has 0 bridgehead atoms. The van der Waals surface area contributed by atoms with Crippen LogP contribution in [0.3, 0.4) is 0 Å². The number of hydrogen-bond donors (Lipinski definition) is 0. The Morgan fingerprint density at radius 1 is 1.00 bits per heavy atom. The van der Waals surface area contributed by atoms with Crippen molar-refractivity contribution < 1.29 is 8.42 Å². The van der Waals surface area contributed by atoms with Crippen LogP contribution >= 0.6 is 27.7 Å². The zero-order valence-corrected chi connectivity index (χ0v) is 16.2. The second-order valence-electron chi connectivity index (χ2n) is 5.41. The Hall–Kier alpha value is -1.50. The van der Waals surface area contributed by atoms with Gasteiger partial charge < -0.3 is 0 Å². The summed E-state index contributed by atoms with van der Waals surface area (Å²) >= 11 is 5.03. The van der Waals surface area contributed by atoms with Crippen LogP contribution in [0.2, 0.25) is 0 Å². The van der Waals surface area contributed by atoms with Crippen molar-refractivity contribution in [2.75, 3.05) is 0 Å². The third kappa shape index (κ3) is 3.94. The van der Waals surface area contributed by atoms with Gasteiger partial charge in [0.15, 0.2) is 0 Å². The predicted molar refractivity (Wildman–Crippen MR) is 102 cm³/mol. The minimum atomic E-state index is -3.53. The van der Waals surface area contributed by atoms with Gasteiger partial charge in [-0.15, -0.1) is 11.8 Å². The molecule has 24 heavy (non-hydrogen) atoms. The molecule has 6 heteroatoms. The van der Waals surface area contributed by atoms with E-state index < -0.39 is 10.0 Å². The molecule has 0 saturated heterocycles. The summed E-state index contributed by atoms with van der Waals surface area (Å²) in [5, 5.41) is 0. The lowest BCUT2D eigenvalue weighted by atomic mass is 10.2. The average molecular weight is 422 g/mol. The van der Waals surface area contributed by atoms with Gasteiger partial charge in [-0.2, -0.15) is 0 Å². The minimum Gasteiger partial charge on any atom is -0.248 e. The number of benzene rings is 2. The van der Waals surface area contributed by atoms with E-state index >= 15 is 0 Å². The van der Waals surface area contributed by atoms with E-state index in [1.807, 2.05) is 25.1 Å². The lowest BCUT2D eigenvalue weighted by Crippen LogP contribution is -2.10. The molecule has 0 radical (unpaired) electrons. The molecule has 1 aromatic heterocycles. The lowest BCUT2D eigenvalue weighted by molar-refractivity contribution is 0.587. The Bertz CT molecular complexity index is 930. The van der Waals surface area contributed by atoms with Crippen molar-refractivity contribution in [3.8, 4) is 0 Å². The van der Waals surface area contributed by atoms with Crippen LogP contribution in [0.1, 0.15) is 11.1 Å². The number of nitrogens with zero attached hydrogens (tertiary/aromatic N) is 1. The smallest absolute Gasteiger partial charge is 0.248 e. The van der Waals surface area contributed by atoms with Crippen molar-refractivity contribution in [3.63, 3.8) is 0 Å². The molecule has 0 aliphatic heterocycles. The maximum atomic E-state index is 12.6. The van der Waals surface area contributed by atoms with Gasteiger partial charge in [0.2, 0.25) is 0 Å². The monoisotopic (exact) mass is 421 g/mol. The zero-order valence-electron chi connectivity index (χ0n) is 13.0. The lowest BCUT2D eigenvalue weighted by Gasteiger charge is -2.06. The molecule has 3 rings (SSSR count). The van der Waals surface area contributed by atoms with Crippen LogP contribution in [0.25, 0.3) is 0 Å². The maximum absolute atomic E-state index is 12.6. The second kappa shape index (κ2) is 7.17. The predicted octanol–water partition coefficient (Wildman–Crippen LogP) is 5.09. The van der Waals surface area contributed by atoms with E-state index in [1.54, 1.807) is 48.4 Å². The van der Waals surface area contributed by atoms with E-state index in [0.717, 1.165) is 20.7 Å². The zero-order chi connectivity index (χ0) is 17.2. The van der Waals surface area contributed by atoms with Crippen LogP contribution in [0.4, 0.5) is 0 Å². The highest BCUT2D eigenvalue weighted by Gasteiger charge is 2.16. The second-order valence-corrected chi connectivity index (χ2v) is 9.22. The molecule has 1 heterocycles. The molecule has 0 saturated carbocycles. The molecule has 0 aliphatic carbocycles. The summed E-state index contributed by atoms with van der Waals surface area (Å²) in [6.07, 6.45) is 3.26. The van der Waals surface area contributed by atoms with Crippen molar-refractivity contribution in [2.24, 2.45) is 0 Å². The fourth-order valence-corrected chi connectivity index (χ4v) is 4.57. The summed E-state index contributed by atoms with van der Waals surface area (Å²) in [7, 11) is -3.53. The molecule has 0 N–H and O–H groups in total. The first-order valence-corrected chi connectivity index (χ1v) is 10.5. The van der Waals surface area contributed by atoms with Gasteiger partial charge in [0, 0.05) is 27.5 Å². The van der Waals surface area contributed by atoms with Gasteiger partial charge in [-0.05, 0) is 42.8 Å². The molecule has 3 nitrogen and oxygen atoms in total. The highest BCUT2D eigenvalue weighted by atomic mass is 79.9. The van der Waals surface area contributed by atoms with E-state index in [2.05, 4.69) is 28.1 Å². The molecule has 0 amide bonds. The van der Waals surface area contributed by atoms with E-state index in [0.29, 0.717) is 4.90 Å². The standard InChI is InChI=1S/C18H16BrNO2S2/c1-14-2-8-18(9-3-14)24(21,22)20-11-10-17(12-20)23-13-15-4-6-16(19)7-5-15/h2-12H,13H2,1H3. The van der Waals surface area contributed by atoms with Gasteiger partial charge >= 0.3 is 0 Å². The molecule has 0 atom stereocenters. The Balaban J connectivity index is 1.75. The van der Waals surface area contributed by atoms with Gasteiger partial charge in [-0.25, -0.2) is 12.4 Å².